The molecule has 3 atom stereocenters. The number of hydrogen-bond acceptors (Lipinski definition) is 3. The van der Waals surface area contributed by atoms with E-state index in [0.717, 1.165) is 23.1 Å². The molecular weight excluding hydrogens is 304 g/mol. The number of benzene rings is 1. The topological polar surface area (TPSA) is 38.5 Å². The van der Waals surface area contributed by atoms with Gasteiger partial charge in [-0.1, -0.05) is 28.9 Å². The molecule has 106 valence electrons. The molecule has 1 aliphatic heterocycles. The Morgan fingerprint density at radius 2 is 2.21 bits per heavy atom. The summed E-state index contributed by atoms with van der Waals surface area (Å²) < 4.78 is 6.66. The lowest BCUT2D eigenvalue weighted by molar-refractivity contribution is 0.0498. The molecule has 4 heteroatoms. The molecule has 1 saturated heterocycles. The van der Waals surface area contributed by atoms with Crippen molar-refractivity contribution in [1.82, 2.24) is 0 Å². The van der Waals surface area contributed by atoms with E-state index in [9.17, 15) is 0 Å². The normalized spacial score (nSPS) is 25.4. The minimum Gasteiger partial charge on any atom is -0.379 e. The first kappa shape index (κ1) is 14.8. The van der Waals surface area contributed by atoms with Crippen LogP contribution in [0.3, 0.4) is 0 Å². The lowest BCUT2D eigenvalue weighted by Gasteiger charge is -2.37. The molecule has 1 fully saturated rings. The minimum absolute atomic E-state index is 0.0523. The molecule has 0 bridgehead atoms. The molecule has 2 rings (SSSR count). The number of piperidine rings is 1. The van der Waals surface area contributed by atoms with Crippen LogP contribution in [0.1, 0.15) is 31.9 Å². The minimum atomic E-state index is 0.0523. The maximum absolute atomic E-state index is 5.94. The predicted octanol–water partition coefficient (Wildman–Crippen LogP) is 3.33. The van der Waals surface area contributed by atoms with Gasteiger partial charge in [0.15, 0.2) is 0 Å². The lowest BCUT2D eigenvalue weighted by Crippen LogP contribution is -2.43. The van der Waals surface area contributed by atoms with Gasteiger partial charge in [0, 0.05) is 36.4 Å². The molecule has 3 unspecified atom stereocenters. The summed E-state index contributed by atoms with van der Waals surface area (Å²) in [5.41, 5.74) is 8.33. The molecule has 1 heterocycles. The summed E-state index contributed by atoms with van der Waals surface area (Å²) in [6, 6.07) is 6.49. The van der Waals surface area contributed by atoms with Crippen molar-refractivity contribution in [2.75, 3.05) is 25.1 Å². The number of halogens is 1. The fraction of sp³-hybridized carbons (Fsp3) is 0.600. The molecule has 1 aliphatic rings. The summed E-state index contributed by atoms with van der Waals surface area (Å²) in [6.07, 6.45) is 1.49. The van der Waals surface area contributed by atoms with Gasteiger partial charge in [-0.05, 0) is 37.0 Å². The maximum Gasteiger partial charge on any atom is 0.0772 e. The van der Waals surface area contributed by atoms with E-state index >= 15 is 0 Å². The Balaban J connectivity index is 2.16. The van der Waals surface area contributed by atoms with Gasteiger partial charge in [0.05, 0.1) is 6.10 Å². The van der Waals surface area contributed by atoms with Crippen molar-refractivity contribution in [1.29, 1.82) is 0 Å². The van der Waals surface area contributed by atoms with E-state index in [4.69, 9.17) is 10.5 Å². The summed E-state index contributed by atoms with van der Waals surface area (Å²) in [7, 11) is 1.81. The van der Waals surface area contributed by atoms with Crippen LogP contribution in [0.5, 0.6) is 0 Å². The van der Waals surface area contributed by atoms with Crippen LogP contribution >= 0.6 is 15.9 Å². The van der Waals surface area contributed by atoms with Gasteiger partial charge in [-0.2, -0.15) is 0 Å². The second-order valence-electron chi connectivity index (χ2n) is 5.48. The number of ether oxygens (including phenoxy) is 1. The summed E-state index contributed by atoms with van der Waals surface area (Å²) in [6.45, 7) is 6.32. The Bertz CT molecular complexity index is 436. The van der Waals surface area contributed by atoms with Crippen LogP contribution in [0.15, 0.2) is 22.7 Å². The zero-order valence-corrected chi connectivity index (χ0v) is 13.5. The molecule has 0 radical (unpaired) electrons. The van der Waals surface area contributed by atoms with E-state index in [1.54, 1.807) is 7.11 Å². The van der Waals surface area contributed by atoms with E-state index < -0.39 is 0 Å². The smallest absolute Gasteiger partial charge is 0.0772 e. The molecular formula is C15H23BrN2O. The first-order valence-electron chi connectivity index (χ1n) is 6.85. The molecule has 1 aromatic rings. The van der Waals surface area contributed by atoms with Gasteiger partial charge in [-0.15, -0.1) is 0 Å². The summed E-state index contributed by atoms with van der Waals surface area (Å²) >= 11 is 3.62. The maximum atomic E-state index is 5.94. The van der Waals surface area contributed by atoms with E-state index in [2.05, 4.69) is 46.0 Å². The first-order chi connectivity index (χ1) is 9.02. The molecule has 0 aliphatic carbocycles. The van der Waals surface area contributed by atoms with Crippen molar-refractivity contribution in [3.63, 3.8) is 0 Å². The number of anilines is 1. The van der Waals surface area contributed by atoms with E-state index in [1.165, 1.54) is 12.1 Å². The van der Waals surface area contributed by atoms with Gasteiger partial charge in [0.1, 0.15) is 0 Å². The Morgan fingerprint density at radius 3 is 2.79 bits per heavy atom. The average Bonchev–Trinajstić information content (AvgIpc) is 2.38. The van der Waals surface area contributed by atoms with Gasteiger partial charge in [-0.3, -0.25) is 0 Å². The second-order valence-corrected chi connectivity index (χ2v) is 6.33. The van der Waals surface area contributed by atoms with Crippen LogP contribution in [-0.2, 0) is 4.74 Å². The predicted molar refractivity (Wildman–Crippen MR) is 83.5 cm³/mol. The SMILES string of the molecule is COC1CN(c2ccc(C(C)N)c(Br)c2)CCC1C. The molecule has 0 amide bonds. The second kappa shape index (κ2) is 6.25. The molecule has 2 N–H and O–H groups in total. The number of hydrogen-bond donors (Lipinski definition) is 1. The zero-order chi connectivity index (χ0) is 14.0. The zero-order valence-electron chi connectivity index (χ0n) is 11.9. The third-order valence-corrected chi connectivity index (χ3v) is 4.72. The van der Waals surface area contributed by atoms with Gasteiger partial charge < -0.3 is 15.4 Å². The van der Waals surface area contributed by atoms with Crippen LogP contribution in [-0.4, -0.2) is 26.3 Å². The Morgan fingerprint density at radius 1 is 1.47 bits per heavy atom. The van der Waals surface area contributed by atoms with Crippen LogP contribution in [0.25, 0.3) is 0 Å². The Hall–Kier alpha value is -0.580. The fourth-order valence-corrected chi connectivity index (χ4v) is 3.38. The number of rotatable bonds is 3. The average molecular weight is 327 g/mol. The highest BCUT2D eigenvalue weighted by molar-refractivity contribution is 9.10. The first-order valence-corrected chi connectivity index (χ1v) is 7.65. The highest BCUT2D eigenvalue weighted by atomic mass is 79.9. The Labute approximate surface area is 124 Å². The third kappa shape index (κ3) is 3.30. The van der Waals surface area contributed by atoms with E-state index in [0.29, 0.717) is 12.0 Å². The fourth-order valence-electron chi connectivity index (χ4n) is 2.66. The number of methoxy groups -OCH3 is 1. The molecule has 0 aromatic heterocycles. The summed E-state index contributed by atoms with van der Waals surface area (Å²) in [5.74, 6) is 0.632. The molecule has 0 spiro atoms. The van der Waals surface area contributed by atoms with Crippen molar-refractivity contribution < 1.29 is 4.74 Å². The number of nitrogens with two attached hydrogens (primary N) is 1. The van der Waals surface area contributed by atoms with Crippen LogP contribution < -0.4 is 10.6 Å². The number of nitrogens with zero attached hydrogens (tertiary/aromatic N) is 1. The highest BCUT2D eigenvalue weighted by Crippen LogP contribution is 2.30. The van der Waals surface area contributed by atoms with Crippen molar-refractivity contribution in [3.8, 4) is 0 Å². The van der Waals surface area contributed by atoms with Crippen molar-refractivity contribution in [2.24, 2.45) is 11.7 Å². The molecule has 1 aromatic carbocycles. The third-order valence-electron chi connectivity index (χ3n) is 4.03. The largest absolute Gasteiger partial charge is 0.379 e. The van der Waals surface area contributed by atoms with Crippen LogP contribution in [0.2, 0.25) is 0 Å². The quantitative estimate of drug-likeness (QED) is 0.925. The van der Waals surface area contributed by atoms with E-state index in [-0.39, 0.29) is 6.04 Å². The van der Waals surface area contributed by atoms with Crippen molar-refractivity contribution in [2.45, 2.75) is 32.4 Å². The van der Waals surface area contributed by atoms with Crippen LogP contribution in [0, 0.1) is 5.92 Å². The van der Waals surface area contributed by atoms with Crippen molar-refractivity contribution in [3.05, 3.63) is 28.2 Å². The molecule has 3 nitrogen and oxygen atoms in total. The molecule has 0 saturated carbocycles. The van der Waals surface area contributed by atoms with Gasteiger partial charge >= 0.3 is 0 Å². The van der Waals surface area contributed by atoms with Crippen LogP contribution in [0.4, 0.5) is 5.69 Å². The van der Waals surface area contributed by atoms with Gasteiger partial charge in [0.2, 0.25) is 0 Å². The lowest BCUT2D eigenvalue weighted by atomic mass is 9.95. The van der Waals surface area contributed by atoms with Gasteiger partial charge in [0.25, 0.3) is 0 Å². The summed E-state index contributed by atoms with van der Waals surface area (Å²) in [5, 5.41) is 0. The monoisotopic (exact) mass is 326 g/mol. The Kier molecular flexibility index (Phi) is 4.87. The van der Waals surface area contributed by atoms with Crippen molar-refractivity contribution >= 4 is 21.6 Å². The van der Waals surface area contributed by atoms with E-state index in [1.807, 2.05) is 6.92 Å². The standard InChI is InChI=1S/C15H23BrN2O/c1-10-6-7-18(9-15(10)19-3)12-4-5-13(11(2)17)14(16)8-12/h4-5,8,10-11,15H,6-7,9,17H2,1-3H3. The highest BCUT2D eigenvalue weighted by Gasteiger charge is 2.26. The molecule has 19 heavy (non-hydrogen) atoms. The van der Waals surface area contributed by atoms with Gasteiger partial charge in [-0.25, -0.2) is 0 Å². The summed E-state index contributed by atoms with van der Waals surface area (Å²) in [4.78, 5) is 2.39.